The van der Waals surface area contributed by atoms with E-state index in [0.29, 0.717) is 0 Å². The average molecular weight is 301 g/mol. The molecule has 0 aromatic heterocycles. The molecule has 4 heteroatoms. The first-order valence-electron chi connectivity index (χ1n) is 4.46. The predicted molar refractivity (Wildman–Crippen MR) is 74.5 cm³/mol. The molecule has 2 aromatic carbocycles. The molecule has 0 heterocycles. The highest BCUT2D eigenvalue weighted by Gasteiger charge is 1.85. The smallest absolute Gasteiger partial charge is 0.0485 e. The largest absolute Gasteiger partial charge is 0.324 e. The van der Waals surface area contributed by atoms with E-state index in [2.05, 4.69) is 27.4 Å². The molecule has 85 valence electrons. The molecule has 16 heavy (non-hydrogen) atoms. The van der Waals surface area contributed by atoms with Gasteiger partial charge in [-0.2, -0.15) is 0 Å². The van der Waals surface area contributed by atoms with Gasteiger partial charge < -0.3 is 5.43 Å². The van der Waals surface area contributed by atoms with Crippen LogP contribution in [0.4, 0.5) is 5.69 Å². The minimum Gasteiger partial charge on any atom is -0.324 e. The zero-order valence-electron chi connectivity index (χ0n) is 8.56. The van der Waals surface area contributed by atoms with E-state index in [1.165, 1.54) is 0 Å². The van der Waals surface area contributed by atoms with Crippen LogP contribution in [-0.2, 0) is 0 Å². The first-order chi connectivity index (χ1) is 7.33. The average Bonchev–Trinajstić information content (AvgIpc) is 2.33. The molecule has 2 aromatic rings. The number of anilines is 1. The molecule has 0 spiro atoms. The summed E-state index contributed by atoms with van der Waals surface area (Å²) in [5.41, 5.74) is 3.45. The van der Waals surface area contributed by atoms with E-state index >= 15 is 0 Å². The zero-order valence-corrected chi connectivity index (χ0v) is 11.0. The molecule has 0 aliphatic rings. The quantitative estimate of drug-likeness (QED) is 0.623. The summed E-state index contributed by atoms with van der Waals surface area (Å²) in [6.45, 7) is 0. The maximum absolute atomic E-state index is 5.13. The third-order valence-corrected chi connectivity index (χ3v) is 2.15. The predicted octanol–water partition coefficient (Wildman–Crippen LogP) is 3.64. The molecule has 0 bridgehead atoms. The van der Waals surface area contributed by atoms with E-state index in [4.69, 9.17) is 5.84 Å². The third kappa shape index (κ3) is 6.45. The van der Waals surface area contributed by atoms with Crippen LogP contribution < -0.4 is 11.3 Å². The van der Waals surface area contributed by atoms with E-state index in [1.54, 1.807) is 0 Å². The van der Waals surface area contributed by atoms with Gasteiger partial charge in [-0.3, -0.25) is 5.84 Å². The normalized spacial score (nSPS) is 8.12. The number of nitrogen functional groups attached to an aromatic ring is 1. The molecular formula is C12H13BrClN2. The van der Waals surface area contributed by atoms with Crippen molar-refractivity contribution in [2.75, 3.05) is 5.43 Å². The van der Waals surface area contributed by atoms with Crippen molar-refractivity contribution in [2.45, 2.75) is 0 Å². The highest BCUT2D eigenvalue weighted by atomic mass is 79.9. The van der Waals surface area contributed by atoms with Crippen molar-refractivity contribution < 1.29 is 0 Å². The number of hydrogen-bond donors (Lipinski definition) is 2. The van der Waals surface area contributed by atoms with Gasteiger partial charge in [-0.25, -0.2) is 0 Å². The summed E-state index contributed by atoms with van der Waals surface area (Å²) in [5, 5.41) is 0. The first-order valence-corrected chi connectivity index (χ1v) is 5.25. The van der Waals surface area contributed by atoms with Crippen LogP contribution in [0.15, 0.2) is 59.1 Å². The molecule has 0 aliphatic carbocycles. The van der Waals surface area contributed by atoms with E-state index in [9.17, 15) is 0 Å². The lowest BCUT2D eigenvalue weighted by atomic mass is 10.3. The van der Waals surface area contributed by atoms with Crippen molar-refractivity contribution in [1.82, 2.24) is 0 Å². The Morgan fingerprint density at radius 2 is 1.56 bits per heavy atom. The van der Waals surface area contributed by atoms with Gasteiger partial charge >= 0.3 is 0 Å². The van der Waals surface area contributed by atoms with Crippen LogP contribution in [0.2, 0.25) is 0 Å². The van der Waals surface area contributed by atoms with Crippen LogP contribution in [0.25, 0.3) is 0 Å². The highest BCUT2D eigenvalue weighted by molar-refractivity contribution is 9.10. The van der Waals surface area contributed by atoms with Crippen LogP contribution in [0.3, 0.4) is 0 Å². The molecule has 3 N–H and O–H groups in total. The Morgan fingerprint density at radius 3 is 1.88 bits per heavy atom. The molecule has 0 saturated carbocycles. The third-order valence-electron chi connectivity index (χ3n) is 1.62. The zero-order chi connectivity index (χ0) is 10.9. The SMILES string of the molecule is Cl.NNc1ccc(Br)cc1.[c]1ccccc1. The standard InChI is InChI=1S/C6H7BrN2.C6H5.ClH/c7-5-1-3-6(9-8)4-2-5;1-2-4-6-5-3-1;/h1-4,9H,8H2;1-5H;1H. The molecule has 0 saturated heterocycles. The molecule has 0 amide bonds. The Bertz CT molecular complexity index is 338. The topological polar surface area (TPSA) is 38.0 Å². The van der Waals surface area contributed by atoms with Gasteiger partial charge in [-0.05, 0) is 30.3 Å². The van der Waals surface area contributed by atoms with Gasteiger partial charge in [-0.15, -0.1) is 12.4 Å². The molecule has 0 atom stereocenters. The van der Waals surface area contributed by atoms with Gasteiger partial charge in [0.2, 0.25) is 0 Å². The molecule has 1 radical (unpaired) electrons. The van der Waals surface area contributed by atoms with E-state index in [0.717, 1.165) is 10.2 Å². The lowest BCUT2D eigenvalue weighted by molar-refractivity contribution is 1.35. The number of hydrazine groups is 1. The Hall–Kier alpha value is -1.03. The van der Waals surface area contributed by atoms with Gasteiger partial charge in [0.25, 0.3) is 0 Å². The molecule has 0 fully saturated rings. The van der Waals surface area contributed by atoms with Crippen molar-refractivity contribution in [3.05, 3.63) is 65.1 Å². The Kier molecular flexibility index (Phi) is 8.62. The summed E-state index contributed by atoms with van der Waals surface area (Å²) in [5.74, 6) is 5.13. The van der Waals surface area contributed by atoms with Crippen molar-refractivity contribution in [3.63, 3.8) is 0 Å². The van der Waals surface area contributed by atoms with Gasteiger partial charge in [0.1, 0.15) is 0 Å². The first kappa shape index (κ1) is 15.0. The van der Waals surface area contributed by atoms with Crippen LogP contribution in [-0.4, -0.2) is 0 Å². The van der Waals surface area contributed by atoms with E-state index in [-0.39, 0.29) is 12.4 Å². The van der Waals surface area contributed by atoms with Crippen molar-refractivity contribution in [1.29, 1.82) is 0 Å². The van der Waals surface area contributed by atoms with Crippen LogP contribution >= 0.6 is 28.3 Å². The second-order valence-electron chi connectivity index (χ2n) is 2.73. The summed E-state index contributed by atoms with van der Waals surface area (Å²) in [6, 6.07) is 20.1. The summed E-state index contributed by atoms with van der Waals surface area (Å²) >= 11 is 3.31. The van der Waals surface area contributed by atoms with Crippen LogP contribution in [0, 0.1) is 6.07 Å². The van der Waals surface area contributed by atoms with Crippen LogP contribution in [0.1, 0.15) is 0 Å². The van der Waals surface area contributed by atoms with Gasteiger partial charge in [0, 0.05) is 10.2 Å². The Morgan fingerprint density at radius 1 is 1.00 bits per heavy atom. The fourth-order valence-electron chi connectivity index (χ4n) is 0.888. The summed E-state index contributed by atoms with van der Waals surface area (Å²) in [7, 11) is 0. The van der Waals surface area contributed by atoms with Crippen molar-refractivity contribution in [2.24, 2.45) is 5.84 Å². The Labute approximate surface area is 110 Å². The molecule has 0 aliphatic heterocycles. The fraction of sp³-hybridized carbons (Fsp3) is 0. The van der Waals surface area contributed by atoms with Crippen molar-refractivity contribution >= 4 is 34.0 Å². The summed E-state index contributed by atoms with van der Waals surface area (Å²) in [4.78, 5) is 0. The number of rotatable bonds is 1. The number of hydrogen-bond acceptors (Lipinski definition) is 2. The van der Waals surface area contributed by atoms with Crippen LogP contribution in [0.5, 0.6) is 0 Å². The number of halogens is 2. The number of nitrogens with two attached hydrogens (primary N) is 1. The minimum atomic E-state index is 0. The monoisotopic (exact) mass is 299 g/mol. The molecule has 2 rings (SSSR count). The highest BCUT2D eigenvalue weighted by Crippen LogP contribution is 2.12. The second kappa shape index (κ2) is 9.21. The fourth-order valence-corrected chi connectivity index (χ4v) is 1.15. The van der Waals surface area contributed by atoms with Crippen molar-refractivity contribution in [3.8, 4) is 0 Å². The lowest BCUT2D eigenvalue weighted by Gasteiger charge is -1.96. The summed E-state index contributed by atoms with van der Waals surface area (Å²) in [6.07, 6.45) is 0. The second-order valence-corrected chi connectivity index (χ2v) is 3.64. The molecule has 2 nitrogen and oxygen atoms in total. The summed E-state index contributed by atoms with van der Waals surface area (Å²) < 4.78 is 1.06. The number of benzene rings is 2. The van der Waals surface area contributed by atoms with Gasteiger partial charge in [-0.1, -0.05) is 46.3 Å². The van der Waals surface area contributed by atoms with E-state index in [1.807, 2.05) is 54.6 Å². The molecular weight excluding hydrogens is 288 g/mol. The van der Waals surface area contributed by atoms with Gasteiger partial charge in [0.15, 0.2) is 0 Å². The number of nitrogens with one attached hydrogen (secondary N) is 1. The molecule has 0 unspecified atom stereocenters. The lowest BCUT2D eigenvalue weighted by Crippen LogP contribution is -2.05. The maximum Gasteiger partial charge on any atom is 0.0485 e. The van der Waals surface area contributed by atoms with Gasteiger partial charge in [0.05, 0.1) is 0 Å². The van der Waals surface area contributed by atoms with E-state index < -0.39 is 0 Å². The minimum absolute atomic E-state index is 0. The maximum atomic E-state index is 5.13. The Balaban J connectivity index is 0.000000283.